The second-order valence-electron chi connectivity index (χ2n) is 5.38. The smallest absolute Gasteiger partial charge is 0.231 e. The van der Waals surface area contributed by atoms with Crippen LogP contribution >= 0.6 is 15.9 Å². The Balaban J connectivity index is 1.85. The summed E-state index contributed by atoms with van der Waals surface area (Å²) >= 11 is 3.65. The van der Waals surface area contributed by atoms with Crippen molar-refractivity contribution >= 4 is 20.4 Å². The summed E-state index contributed by atoms with van der Waals surface area (Å²) in [5.74, 6) is 2.35. The third-order valence-electron chi connectivity index (χ3n) is 3.59. The summed E-state index contributed by atoms with van der Waals surface area (Å²) in [6.45, 7) is 4.93. The van der Waals surface area contributed by atoms with Gasteiger partial charge in [-0.1, -0.05) is 35.9 Å². The lowest BCUT2D eigenvalue weighted by Gasteiger charge is -2.03. The fourth-order valence-corrected chi connectivity index (χ4v) is 2.68. The van der Waals surface area contributed by atoms with Gasteiger partial charge in [0.2, 0.25) is 6.79 Å². The lowest BCUT2D eigenvalue weighted by molar-refractivity contribution is 0.174. The largest absolute Gasteiger partial charge is 0.454 e. The van der Waals surface area contributed by atoms with Gasteiger partial charge in [-0.15, -0.1) is 0 Å². The van der Waals surface area contributed by atoms with Gasteiger partial charge in [0.15, 0.2) is 11.5 Å². The highest BCUT2D eigenvalue weighted by Gasteiger charge is 2.43. The summed E-state index contributed by atoms with van der Waals surface area (Å²) in [5.41, 5.74) is 1.62. The zero-order valence-electron chi connectivity index (χ0n) is 10.00. The average molecular weight is 295 g/mol. The molecule has 3 rings (SSSR count). The number of halogens is 1. The van der Waals surface area contributed by atoms with E-state index >= 15 is 0 Å². The molecule has 90 valence electrons. The summed E-state index contributed by atoms with van der Waals surface area (Å²) in [6.07, 6.45) is 3.57. The van der Waals surface area contributed by atoms with Crippen molar-refractivity contribution in [3.8, 4) is 11.5 Å². The molecule has 1 atom stereocenters. The molecule has 0 bridgehead atoms. The first-order valence-electron chi connectivity index (χ1n) is 5.84. The molecule has 2 nitrogen and oxygen atoms in total. The monoisotopic (exact) mass is 294 g/mol. The fraction of sp³-hybridized carbons (Fsp3) is 0.429. The van der Waals surface area contributed by atoms with Crippen LogP contribution in [0.3, 0.4) is 0 Å². The quantitative estimate of drug-likeness (QED) is 0.814. The van der Waals surface area contributed by atoms with Crippen LogP contribution in [-0.2, 0) is 0 Å². The molecule has 3 heteroatoms. The molecule has 0 saturated heterocycles. The van der Waals surface area contributed by atoms with E-state index in [1.165, 1.54) is 6.42 Å². The van der Waals surface area contributed by atoms with E-state index in [9.17, 15) is 0 Å². The van der Waals surface area contributed by atoms with Gasteiger partial charge in [0.1, 0.15) is 0 Å². The standard InChI is InChI=1S/C14H15BrO2/c1-14(2)7-10(14)6-11(15)9-3-4-12-13(5-9)17-8-16-12/h3-6,10H,7-8H2,1-2H3. The van der Waals surface area contributed by atoms with Gasteiger partial charge in [-0.2, -0.15) is 0 Å². The minimum atomic E-state index is 0.329. The third kappa shape index (κ3) is 2.08. The molecule has 2 aliphatic rings. The summed E-state index contributed by atoms with van der Waals surface area (Å²) in [5, 5.41) is 0. The number of rotatable bonds is 2. The van der Waals surface area contributed by atoms with Gasteiger partial charge in [0, 0.05) is 4.48 Å². The Hall–Kier alpha value is -0.960. The van der Waals surface area contributed by atoms with Gasteiger partial charge >= 0.3 is 0 Å². The van der Waals surface area contributed by atoms with Crippen molar-refractivity contribution in [2.75, 3.05) is 6.79 Å². The van der Waals surface area contributed by atoms with Crippen LogP contribution in [0.25, 0.3) is 4.48 Å². The van der Waals surface area contributed by atoms with Gasteiger partial charge in [0.05, 0.1) is 0 Å². The normalized spacial score (nSPS) is 24.9. The Morgan fingerprint density at radius 2 is 2.06 bits per heavy atom. The second-order valence-corrected chi connectivity index (χ2v) is 6.24. The molecule has 1 fully saturated rings. The number of ether oxygens (including phenoxy) is 2. The first-order valence-corrected chi connectivity index (χ1v) is 6.63. The van der Waals surface area contributed by atoms with Crippen LogP contribution in [-0.4, -0.2) is 6.79 Å². The minimum Gasteiger partial charge on any atom is -0.454 e. The first kappa shape index (κ1) is 11.1. The van der Waals surface area contributed by atoms with Crippen LogP contribution in [0, 0.1) is 11.3 Å². The Bertz CT molecular complexity index is 491. The first-order chi connectivity index (χ1) is 8.06. The van der Waals surface area contributed by atoms with Crippen molar-refractivity contribution in [1.29, 1.82) is 0 Å². The molecule has 1 aromatic carbocycles. The van der Waals surface area contributed by atoms with Crippen molar-refractivity contribution < 1.29 is 9.47 Å². The predicted molar refractivity (Wildman–Crippen MR) is 71.4 cm³/mol. The molecule has 1 unspecified atom stereocenters. The maximum atomic E-state index is 5.38. The lowest BCUT2D eigenvalue weighted by Crippen LogP contribution is -1.92. The van der Waals surface area contributed by atoms with Crippen LogP contribution in [0.2, 0.25) is 0 Å². The van der Waals surface area contributed by atoms with Crippen LogP contribution in [0.4, 0.5) is 0 Å². The van der Waals surface area contributed by atoms with Crippen molar-refractivity contribution in [3.05, 3.63) is 29.8 Å². The topological polar surface area (TPSA) is 18.5 Å². The molecule has 1 heterocycles. The number of fused-ring (bicyclic) bond motifs is 1. The number of hydrogen-bond acceptors (Lipinski definition) is 2. The summed E-state index contributed by atoms with van der Waals surface area (Å²) in [6, 6.07) is 6.05. The molecule has 0 N–H and O–H groups in total. The molecule has 0 amide bonds. The van der Waals surface area contributed by atoms with E-state index in [1.54, 1.807) is 0 Å². The van der Waals surface area contributed by atoms with Crippen LogP contribution in [0.5, 0.6) is 11.5 Å². The number of benzene rings is 1. The molecule has 17 heavy (non-hydrogen) atoms. The summed E-state index contributed by atoms with van der Waals surface area (Å²) in [7, 11) is 0. The molecular weight excluding hydrogens is 280 g/mol. The minimum absolute atomic E-state index is 0.329. The van der Waals surface area contributed by atoms with Crippen LogP contribution in [0.15, 0.2) is 24.3 Å². The Kier molecular flexibility index (Phi) is 2.47. The highest BCUT2D eigenvalue weighted by atomic mass is 79.9. The number of allylic oxidation sites excluding steroid dienone is 1. The Morgan fingerprint density at radius 1 is 1.35 bits per heavy atom. The van der Waals surface area contributed by atoms with E-state index in [2.05, 4.69) is 41.9 Å². The van der Waals surface area contributed by atoms with E-state index in [-0.39, 0.29) is 0 Å². The molecule has 1 aromatic rings. The molecule has 0 spiro atoms. The van der Waals surface area contributed by atoms with Crippen molar-refractivity contribution in [2.45, 2.75) is 20.3 Å². The van der Waals surface area contributed by atoms with E-state index in [1.807, 2.05) is 12.1 Å². The highest BCUT2D eigenvalue weighted by Crippen LogP contribution is 2.53. The van der Waals surface area contributed by atoms with Gasteiger partial charge in [-0.3, -0.25) is 0 Å². The van der Waals surface area contributed by atoms with Crippen molar-refractivity contribution in [1.82, 2.24) is 0 Å². The van der Waals surface area contributed by atoms with E-state index in [4.69, 9.17) is 9.47 Å². The average Bonchev–Trinajstić information content (AvgIpc) is 2.74. The lowest BCUT2D eigenvalue weighted by atomic mass is 10.1. The second kappa shape index (κ2) is 3.77. The zero-order chi connectivity index (χ0) is 12.0. The van der Waals surface area contributed by atoms with Gasteiger partial charge in [0.25, 0.3) is 0 Å². The SMILES string of the molecule is CC1(C)CC1C=C(Br)c1ccc2c(c1)OCO2. The van der Waals surface area contributed by atoms with E-state index in [0.29, 0.717) is 18.1 Å². The van der Waals surface area contributed by atoms with Gasteiger partial charge < -0.3 is 9.47 Å². The summed E-state index contributed by atoms with van der Waals surface area (Å²) in [4.78, 5) is 0. The predicted octanol–water partition coefficient (Wildman–Crippen LogP) is 4.20. The highest BCUT2D eigenvalue weighted by molar-refractivity contribution is 9.15. The molecular formula is C14H15BrO2. The fourth-order valence-electron chi connectivity index (χ4n) is 2.11. The third-order valence-corrected chi connectivity index (χ3v) is 4.31. The van der Waals surface area contributed by atoms with Crippen LogP contribution < -0.4 is 9.47 Å². The Morgan fingerprint density at radius 3 is 2.76 bits per heavy atom. The molecule has 1 saturated carbocycles. The molecule has 1 aliphatic heterocycles. The summed E-state index contributed by atoms with van der Waals surface area (Å²) < 4.78 is 11.8. The van der Waals surface area contributed by atoms with Gasteiger partial charge in [-0.25, -0.2) is 0 Å². The molecule has 1 aliphatic carbocycles. The maximum Gasteiger partial charge on any atom is 0.231 e. The number of hydrogen-bond donors (Lipinski definition) is 0. The van der Waals surface area contributed by atoms with Crippen molar-refractivity contribution in [2.24, 2.45) is 11.3 Å². The zero-order valence-corrected chi connectivity index (χ0v) is 11.6. The van der Waals surface area contributed by atoms with E-state index < -0.39 is 0 Å². The molecule has 0 radical (unpaired) electrons. The van der Waals surface area contributed by atoms with Crippen LogP contribution in [0.1, 0.15) is 25.8 Å². The van der Waals surface area contributed by atoms with Crippen molar-refractivity contribution in [3.63, 3.8) is 0 Å². The maximum absolute atomic E-state index is 5.38. The van der Waals surface area contributed by atoms with E-state index in [0.717, 1.165) is 21.5 Å². The van der Waals surface area contributed by atoms with Gasteiger partial charge in [-0.05, 0) is 41.5 Å². The molecule has 0 aromatic heterocycles. The Labute approximate surface area is 110 Å².